The second kappa shape index (κ2) is 9.20. The lowest BCUT2D eigenvalue weighted by Crippen LogP contribution is -2.88. The molecule has 132 valence electrons. The van der Waals surface area contributed by atoms with Crippen molar-refractivity contribution in [3.05, 3.63) is 70.7 Å². The molecule has 0 aliphatic rings. The lowest BCUT2D eigenvalue weighted by atomic mass is 10.0. The highest BCUT2D eigenvalue weighted by molar-refractivity contribution is 6.30. The van der Waals surface area contributed by atoms with Crippen LogP contribution in [-0.4, -0.2) is 18.5 Å². The average Bonchev–Trinajstić information content (AvgIpc) is 2.61. The molecule has 3 amide bonds. The van der Waals surface area contributed by atoms with Crippen molar-refractivity contribution in [2.45, 2.75) is 25.9 Å². The Morgan fingerprint density at radius 2 is 1.68 bits per heavy atom. The van der Waals surface area contributed by atoms with Gasteiger partial charge in [0.1, 0.15) is 6.04 Å². The van der Waals surface area contributed by atoms with Crippen LogP contribution in [0.15, 0.2) is 54.6 Å². The SMILES string of the molecule is CCNC(=O)NC(=O)[C@H]([NH2+][C@H](C)c1ccc(Cl)cc1)c1ccccc1. The van der Waals surface area contributed by atoms with Gasteiger partial charge in [0.2, 0.25) is 0 Å². The molecule has 0 aliphatic carbocycles. The van der Waals surface area contributed by atoms with Gasteiger partial charge in [0, 0.05) is 22.7 Å². The largest absolute Gasteiger partial charge is 0.338 e. The van der Waals surface area contributed by atoms with Crippen molar-refractivity contribution in [1.29, 1.82) is 0 Å². The van der Waals surface area contributed by atoms with Crippen molar-refractivity contribution < 1.29 is 14.9 Å². The van der Waals surface area contributed by atoms with Crippen LogP contribution in [0.3, 0.4) is 0 Å². The maximum Gasteiger partial charge on any atom is 0.321 e. The van der Waals surface area contributed by atoms with E-state index in [1.54, 1.807) is 6.92 Å². The Morgan fingerprint density at radius 3 is 2.28 bits per heavy atom. The zero-order valence-electron chi connectivity index (χ0n) is 14.3. The summed E-state index contributed by atoms with van der Waals surface area (Å²) in [6.07, 6.45) is 0. The molecule has 4 N–H and O–H groups in total. The summed E-state index contributed by atoms with van der Waals surface area (Å²) >= 11 is 5.94. The van der Waals surface area contributed by atoms with E-state index in [1.807, 2.05) is 66.8 Å². The molecule has 0 fully saturated rings. The summed E-state index contributed by atoms with van der Waals surface area (Å²) in [4.78, 5) is 24.3. The second-order valence-electron chi connectivity index (χ2n) is 5.77. The topological polar surface area (TPSA) is 74.8 Å². The van der Waals surface area contributed by atoms with E-state index >= 15 is 0 Å². The van der Waals surface area contributed by atoms with Crippen molar-refractivity contribution in [2.24, 2.45) is 0 Å². The quantitative estimate of drug-likeness (QED) is 0.740. The molecule has 5 nitrogen and oxygen atoms in total. The Balaban J connectivity index is 2.18. The number of hydrogen-bond acceptors (Lipinski definition) is 2. The molecule has 0 aromatic heterocycles. The first-order chi connectivity index (χ1) is 12.0. The van der Waals surface area contributed by atoms with Crippen LogP contribution in [0.1, 0.15) is 37.1 Å². The Kier molecular flexibility index (Phi) is 6.98. The van der Waals surface area contributed by atoms with E-state index < -0.39 is 12.1 Å². The summed E-state index contributed by atoms with van der Waals surface area (Å²) in [6, 6.07) is 15.9. The minimum atomic E-state index is -0.533. The summed E-state index contributed by atoms with van der Waals surface area (Å²) in [7, 11) is 0. The molecule has 25 heavy (non-hydrogen) atoms. The summed E-state index contributed by atoms with van der Waals surface area (Å²) in [5.74, 6) is -0.349. The zero-order chi connectivity index (χ0) is 18.2. The van der Waals surface area contributed by atoms with Gasteiger partial charge in [0.25, 0.3) is 5.91 Å². The average molecular weight is 361 g/mol. The summed E-state index contributed by atoms with van der Waals surface area (Å²) in [5, 5.41) is 7.59. The van der Waals surface area contributed by atoms with Crippen molar-refractivity contribution in [3.63, 3.8) is 0 Å². The summed E-state index contributed by atoms with van der Waals surface area (Å²) in [6.45, 7) is 4.27. The number of quaternary nitrogens is 1. The van der Waals surface area contributed by atoms with Crippen LogP contribution < -0.4 is 16.0 Å². The minimum absolute atomic E-state index is 0.0162. The van der Waals surface area contributed by atoms with Gasteiger partial charge in [-0.05, 0) is 26.0 Å². The van der Waals surface area contributed by atoms with Gasteiger partial charge in [-0.2, -0.15) is 0 Å². The van der Waals surface area contributed by atoms with Crippen LogP contribution >= 0.6 is 11.6 Å². The predicted molar refractivity (Wildman–Crippen MR) is 98.2 cm³/mol. The highest BCUT2D eigenvalue weighted by Gasteiger charge is 2.28. The molecule has 2 aromatic rings. The third kappa shape index (κ3) is 5.59. The van der Waals surface area contributed by atoms with E-state index in [0.717, 1.165) is 11.1 Å². The molecule has 0 saturated carbocycles. The van der Waals surface area contributed by atoms with E-state index in [9.17, 15) is 9.59 Å². The molecule has 0 spiro atoms. The number of halogens is 1. The monoisotopic (exact) mass is 360 g/mol. The van der Waals surface area contributed by atoms with Gasteiger partial charge in [-0.3, -0.25) is 10.1 Å². The standard InChI is InChI=1S/C19H22ClN3O2/c1-3-21-19(25)23-18(24)17(15-7-5-4-6-8-15)22-13(2)14-9-11-16(20)12-10-14/h4-13,17,22H,3H2,1-2H3,(H2,21,23,24,25)/p+1/t13-,17-/m1/s1. The maximum absolute atomic E-state index is 12.6. The molecule has 0 heterocycles. The van der Waals surface area contributed by atoms with Gasteiger partial charge >= 0.3 is 6.03 Å². The molecule has 2 aromatic carbocycles. The Hall–Kier alpha value is -2.37. The molecule has 0 radical (unpaired) electrons. The number of carbonyl (C=O) groups is 2. The van der Waals surface area contributed by atoms with Crippen molar-refractivity contribution in [3.8, 4) is 0 Å². The Labute approximate surface area is 152 Å². The van der Waals surface area contributed by atoms with E-state index in [4.69, 9.17) is 11.6 Å². The molecule has 6 heteroatoms. The zero-order valence-corrected chi connectivity index (χ0v) is 15.1. The number of hydrogen-bond donors (Lipinski definition) is 3. The number of nitrogens with two attached hydrogens (primary N) is 1. The van der Waals surface area contributed by atoms with Gasteiger partial charge in [-0.15, -0.1) is 0 Å². The first-order valence-electron chi connectivity index (χ1n) is 8.25. The van der Waals surface area contributed by atoms with Crippen molar-refractivity contribution in [2.75, 3.05) is 6.54 Å². The molecule has 2 rings (SSSR count). The molecule has 2 atom stereocenters. The highest BCUT2D eigenvalue weighted by atomic mass is 35.5. The molecule has 0 unspecified atom stereocenters. The number of carbonyl (C=O) groups excluding carboxylic acids is 2. The van der Waals surface area contributed by atoms with Crippen LogP contribution in [-0.2, 0) is 4.79 Å². The fraction of sp³-hybridized carbons (Fsp3) is 0.263. The van der Waals surface area contributed by atoms with Crippen LogP contribution in [0.5, 0.6) is 0 Å². The van der Waals surface area contributed by atoms with E-state index in [0.29, 0.717) is 11.6 Å². The fourth-order valence-electron chi connectivity index (χ4n) is 2.57. The Bertz CT molecular complexity index is 704. The van der Waals surface area contributed by atoms with Crippen LogP contribution in [0, 0.1) is 0 Å². The number of nitrogens with one attached hydrogen (secondary N) is 2. The molecule has 0 aliphatic heterocycles. The van der Waals surface area contributed by atoms with Gasteiger partial charge in [-0.1, -0.05) is 54.1 Å². The third-order valence-corrected chi connectivity index (χ3v) is 4.14. The van der Waals surface area contributed by atoms with Gasteiger partial charge < -0.3 is 10.6 Å². The number of imide groups is 1. The molecule has 0 saturated heterocycles. The third-order valence-electron chi connectivity index (χ3n) is 3.89. The van der Waals surface area contributed by atoms with Crippen LogP contribution in [0.25, 0.3) is 0 Å². The molecular weight excluding hydrogens is 338 g/mol. The number of rotatable bonds is 6. The number of urea groups is 1. The lowest BCUT2D eigenvalue weighted by molar-refractivity contribution is -0.719. The maximum atomic E-state index is 12.6. The van der Waals surface area contributed by atoms with E-state index in [2.05, 4.69) is 10.6 Å². The summed E-state index contributed by atoms with van der Waals surface area (Å²) < 4.78 is 0. The molecular formula is C19H23ClN3O2+. The minimum Gasteiger partial charge on any atom is -0.338 e. The van der Waals surface area contributed by atoms with E-state index in [1.165, 1.54) is 0 Å². The molecule has 0 bridgehead atoms. The van der Waals surface area contributed by atoms with Gasteiger partial charge in [0.15, 0.2) is 6.04 Å². The predicted octanol–water partition coefficient (Wildman–Crippen LogP) is 2.55. The fourth-order valence-corrected chi connectivity index (χ4v) is 2.70. The van der Waals surface area contributed by atoms with Crippen molar-refractivity contribution in [1.82, 2.24) is 10.6 Å². The lowest BCUT2D eigenvalue weighted by Gasteiger charge is -2.20. The number of benzene rings is 2. The van der Waals surface area contributed by atoms with Crippen LogP contribution in [0.2, 0.25) is 5.02 Å². The Morgan fingerprint density at radius 1 is 1.04 bits per heavy atom. The second-order valence-corrected chi connectivity index (χ2v) is 6.21. The highest BCUT2D eigenvalue weighted by Crippen LogP contribution is 2.16. The van der Waals surface area contributed by atoms with E-state index in [-0.39, 0.29) is 11.9 Å². The van der Waals surface area contributed by atoms with Gasteiger partial charge in [0.05, 0.1) is 0 Å². The smallest absolute Gasteiger partial charge is 0.321 e. The number of amides is 3. The first kappa shape index (κ1) is 19.0. The normalized spacial score (nSPS) is 12.9. The van der Waals surface area contributed by atoms with Gasteiger partial charge in [-0.25, -0.2) is 4.79 Å². The first-order valence-corrected chi connectivity index (χ1v) is 8.63. The van der Waals surface area contributed by atoms with Crippen LogP contribution in [0.4, 0.5) is 4.79 Å². The van der Waals surface area contributed by atoms with Crippen molar-refractivity contribution >= 4 is 23.5 Å². The summed E-state index contributed by atoms with van der Waals surface area (Å²) in [5.41, 5.74) is 1.89.